The number of benzene rings is 1. The first-order chi connectivity index (χ1) is 9.87. The summed E-state index contributed by atoms with van der Waals surface area (Å²) in [4.78, 5) is 0. The maximum Gasteiger partial charge on any atom is 0.128 e. The Hall–Kier alpha value is -1.02. The van der Waals surface area contributed by atoms with Crippen LogP contribution in [-0.2, 0) is 4.74 Å². The van der Waals surface area contributed by atoms with E-state index in [0.29, 0.717) is 11.8 Å². The summed E-state index contributed by atoms with van der Waals surface area (Å²) in [5, 5.41) is 0. The van der Waals surface area contributed by atoms with Crippen LogP contribution in [0.15, 0.2) is 30.3 Å². The van der Waals surface area contributed by atoms with Gasteiger partial charge in [0.25, 0.3) is 0 Å². The molecule has 0 aliphatic rings. The topological polar surface area (TPSA) is 18.5 Å². The van der Waals surface area contributed by atoms with Crippen molar-refractivity contribution >= 4 is 0 Å². The van der Waals surface area contributed by atoms with Gasteiger partial charge in [0.05, 0.1) is 0 Å². The number of rotatable bonds is 9. The average molecular weight is 292 g/mol. The van der Waals surface area contributed by atoms with Crippen molar-refractivity contribution in [3.8, 4) is 5.75 Å². The van der Waals surface area contributed by atoms with Crippen LogP contribution >= 0.6 is 0 Å². The predicted molar refractivity (Wildman–Crippen MR) is 89.8 cm³/mol. The number of hydrogen-bond donors (Lipinski definition) is 0. The lowest BCUT2D eigenvalue weighted by Gasteiger charge is -2.39. The fourth-order valence-corrected chi connectivity index (χ4v) is 2.94. The summed E-state index contributed by atoms with van der Waals surface area (Å²) in [5.74, 6) is 2.08. The van der Waals surface area contributed by atoms with Gasteiger partial charge in [-0.3, -0.25) is 0 Å². The highest BCUT2D eigenvalue weighted by atomic mass is 16.5. The van der Waals surface area contributed by atoms with E-state index in [1.54, 1.807) is 0 Å². The SMILES string of the molecule is CCOC(C)(CC(C)C)C(CC(C)C)Oc1ccccc1. The maximum absolute atomic E-state index is 6.32. The Morgan fingerprint density at radius 3 is 2.10 bits per heavy atom. The lowest BCUT2D eigenvalue weighted by Crippen LogP contribution is -2.47. The molecule has 2 atom stereocenters. The lowest BCUT2D eigenvalue weighted by atomic mass is 9.84. The molecule has 0 spiro atoms. The molecule has 1 aromatic carbocycles. The third-order valence-corrected chi connectivity index (χ3v) is 3.68. The highest BCUT2D eigenvalue weighted by molar-refractivity contribution is 5.21. The second kappa shape index (κ2) is 8.43. The normalized spacial score (nSPS) is 16.0. The highest BCUT2D eigenvalue weighted by Crippen LogP contribution is 2.32. The molecule has 1 aromatic rings. The Kier molecular flexibility index (Phi) is 7.24. The summed E-state index contributed by atoms with van der Waals surface area (Å²) in [5.41, 5.74) is -0.247. The molecule has 0 N–H and O–H groups in total. The van der Waals surface area contributed by atoms with Crippen molar-refractivity contribution in [1.82, 2.24) is 0 Å². The molecule has 2 heteroatoms. The number of ether oxygens (including phenoxy) is 2. The highest BCUT2D eigenvalue weighted by Gasteiger charge is 2.37. The average Bonchev–Trinajstić information content (AvgIpc) is 2.38. The Morgan fingerprint density at radius 1 is 1.00 bits per heavy atom. The van der Waals surface area contributed by atoms with Crippen molar-refractivity contribution < 1.29 is 9.47 Å². The van der Waals surface area contributed by atoms with Gasteiger partial charge in [-0.15, -0.1) is 0 Å². The van der Waals surface area contributed by atoms with Crippen LogP contribution in [0.4, 0.5) is 0 Å². The molecular formula is C19H32O2. The van der Waals surface area contributed by atoms with E-state index < -0.39 is 0 Å². The maximum atomic E-state index is 6.32. The summed E-state index contributed by atoms with van der Waals surface area (Å²) >= 11 is 0. The van der Waals surface area contributed by atoms with Gasteiger partial charge in [0.1, 0.15) is 17.5 Å². The van der Waals surface area contributed by atoms with Crippen LogP contribution in [0.3, 0.4) is 0 Å². The minimum absolute atomic E-state index is 0.0715. The molecule has 0 fully saturated rings. The molecule has 0 radical (unpaired) electrons. The molecule has 0 amide bonds. The van der Waals surface area contributed by atoms with Crippen molar-refractivity contribution in [3.05, 3.63) is 30.3 Å². The van der Waals surface area contributed by atoms with Crippen molar-refractivity contribution in [2.24, 2.45) is 11.8 Å². The van der Waals surface area contributed by atoms with E-state index in [2.05, 4.69) is 41.5 Å². The monoisotopic (exact) mass is 292 g/mol. The van der Waals surface area contributed by atoms with Gasteiger partial charge in [0, 0.05) is 6.61 Å². The van der Waals surface area contributed by atoms with Crippen LogP contribution in [0.1, 0.15) is 54.4 Å². The van der Waals surface area contributed by atoms with Gasteiger partial charge in [-0.1, -0.05) is 45.9 Å². The molecule has 1 rings (SSSR count). The Balaban J connectivity index is 2.96. The van der Waals surface area contributed by atoms with Gasteiger partial charge in [-0.05, 0) is 50.7 Å². The second-order valence-electron chi connectivity index (χ2n) is 6.89. The van der Waals surface area contributed by atoms with E-state index in [1.165, 1.54) is 0 Å². The smallest absolute Gasteiger partial charge is 0.128 e. The lowest BCUT2D eigenvalue weighted by molar-refractivity contribution is -0.114. The molecule has 21 heavy (non-hydrogen) atoms. The van der Waals surface area contributed by atoms with Crippen LogP contribution in [0.5, 0.6) is 5.75 Å². The predicted octanol–water partition coefficient (Wildman–Crippen LogP) is 5.32. The zero-order chi connectivity index (χ0) is 15.9. The summed E-state index contributed by atoms with van der Waals surface area (Å²) in [6.07, 6.45) is 2.07. The van der Waals surface area contributed by atoms with Gasteiger partial charge in [-0.2, -0.15) is 0 Å². The van der Waals surface area contributed by atoms with Gasteiger partial charge < -0.3 is 9.47 Å². The van der Waals surface area contributed by atoms with E-state index in [0.717, 1.165) is 25.2 Å². The Labute approximate surface area is 130 Å². The third kappa shape index (κ3) is 6.09. The van der Waals surface area contributed by atoms with Gasteiger partial charge in [0.15, 0.2) is 0 Å². The van der Waals surface area contributed by atoms with Crippen LogP contribution in [-0.4, -0.2) is 18.3 Å². The minimum atomic E-state index is -0.247. The van der Waals surface area contributed by atoms with Crippen LogP contribution in [0, 0.1) is 11.8 Å². The quantitative estimate of drug-likeness (QED) is 0.613. The summed E-state index contributed by atoms with van der Waals surface area (Å²) < 4.78 is 12.5. The molecule has 0 bridgehead atoms. The molecule has 0 saturated carbocycles. The van der Waals surface area contributed by atoms with Crippen molar-refractivity contribution in [2.75, 3.05) is 6.61 Å². The summed E-state index contributed by atoms with van der Waals surface area (Å²) in [6, 6.07) is 10.1. The van der Waals surface area contributed by atoms with Crippen LogP contribution in [0.25, 0.3) is 0 Å². The first-order valence-electron chi connectivity index (χ1n) is 8.23. The molecule has 0 heterocycles. The molecular weight excluding hydrogens is 260 g/mol. The molecule has 0 saturated heterocycles. The van der Waals surface area contributed by atoms with Gasteiger partial charge >= 0.3 is 0 Å². The first-order valence-corrected chi connectivity index (χ1v) is 8.23. The number of hydrogen-bond acceptors (Lipinski definition) is 2. The van der Waals surface area contributed by atoms with E-state index in [4.69, 9.17) is 9.47 Å². The molecule has 2 unspecified atom stereocenters. The first kappa shape index (κ1) is 18.0. The van der Waals surface area contributed by atoms with E-state index in [-0.39, 0.29) is 11.7 Å². The van der Waals surface area contributed by atoms with Gasteiger partial charge in [-0.25, -0.2) is 0 Å². The Morgan fingerprint density at radius 2 is 1.62 bits per heavy atom. The Bertz CT molecular complexity index is 386. The van der Waals surface area contributed by atoms with E-state index >= 15 is 0 Å². The molecule has 0 aromatic heterocycles. The standard InChI is InChI=1S/C19H32O2/c1-7-20-19(6,14-16(4)5)18(13-15(2)3)21-17-11-9-8-10-12-17/h8-12,15-16,18H,7,13-14H2,1-6H3. The fourth-order valence-electron chi connectivity index (χ4n) is 2.94. The zero-order valence-electron chi connectivity index (χ0n) is 14.6. The molecule has 0 aliphatic carbocycles. The van der Waals surface area contributed by atoms with E-state index in [1.807, 2.05) is 30.3 Å². The second-order valence-corrected chi connectivity index (χ2v) is 6.89. The summed E-state index contributed by atoms with van der Waals surface area (Å²) in [7, 11) is 0. The van der Waals surface area contributed by atoms with Crippen molar-refractivity contribution in [1.29, 1.82) is 0 Å². The molecule has 2 nitrogen and oxygen atoms in total. The fraction of sp³-hybridized carbons (Fsp3) is 0.684. The van der Waals surface area contributed by atoms with Gasteiger partial charge in [0.2, 0.25) is 0 Å². The van der Waals surface area contributed by atoms with Crippen LogP contribution < -0.4 is 4.74 Å². The molecule has 120 valence electrons. The van der Waals surface area contributed by atoms with E-state index in [9.17, 15) is 0 Å². The minimum Gasteiger partial charge on any atom is -0.487 e. The van der Waals surface area contributed by atoms with Crippen molar-refractivity contribution in [2.45, 2.75) is 66.1 Å². The van der Waals surface area contributed by atoms with Crippen LogP contribution in [0.2, 0.25) is 0 Å². The summed E-state index contributed by atoms with van der Waals surface area (Å²) in [6.45, 7) is 13.9. The largest absolute Gasteiger partial charge is 0.487 e. The third-order valence-electron chi connectivity index (χ3n) is 3.68. The van der Waals surface area contributed by atoms with Crippen molar-refractivity contribution in [3.63, 3.8) is 0 Å². The number of para-hydroxylation sites is 1. The molecule has 0 aliphatic heterocycles. The zero-order valence-corrected chi connectivity index (χ0v) is 14.6.